The van der Waals surface area contributed by atoms with Crippen LogP contribution in [0.25, 0.3) is 0 Å². The van der Waals surface area contributed by atoms with Crippen LogP contribution < -0.4 is 9.64 Å². The minimum atomic E-state index is -0.484. The summed E-state index contributed by atoms with van der Waals surface area (Å²) in [5.41, 5.74) is 2.59. The third kappa shape index (κ3) is 4.43. The molecule has 1 aliphatic rings. The highest BCUT2D eigenvalue weighted by molar-refractivity contribution is 7.99. The van der Waals surface area contributed by atoms with Gasteiger partial charge in [0.2, 0.25) is 0 Å². The van der Waals surface area contributed by atoms with Crippen LogP contribution in [-0.2, 0) is 17.9 Å². The first-order valence-corrected chi connectivity index (χ1v) is 11.5. The average molecular weight is 472 g/mol. The molecule has 0 N–H and O–H groups in total. The first kappa shape index (κ1) is 21.9. The van der Waals surface area contributed by atoms with E-state index in [0.717, 1.165) is 21.1 Å². The molecule has 1 aliphatic heterocycles. The van der Waals surface area contributed by atoms with E-state index < -0.39 is 5.97 Å². The van der Waals surface area contributed by atoms with Gasteiger partial charge in [-0.1, -0.05) is 36.0 Å². The van der Waals surface area contributed by atoms with Crippen LogP contribution in [0.3, 0.4) is 0 Å². The van der Waals surface area contributed by atoms with Crippen LogP contribution in [-0.4, -0.2) is 19.0 Å². The maximum Gasteiger partial charge on any atom is 0.338 e. The second-order valence-corrected chi connectivity index (χ2v) is 8.76. The molecule has 34 heavy (non-hydrogen) atoms. The molecule has 0 unspecified atom stereocenters. The summed E-state index contributed by atoms with van der Waals surface area (Å²) in [6.07, 6.45) is 1.53. The van der Waals surface area contributed by atoms with E-state index in [1.165, 1.54) is 18.0 Å². The molecule has 0 radical (unpaired) electrons. The number of ether oxygens (including phenoxy) is 2. The van der Waals surface area contributed by atoms with Crippen LogP contribution in [0.2, 0.25) is 0 Å². The van der Waals surface area contributed by atoms with Crippen molar-refractivity contribution in [1.29, 1.82) is 0 Å². The Kier molecular flexibility index (Phi) is 6.10. The van der Waals surface area contributed by atoms with E-state index in [9.17, 15) is 9.59 Å². The van der Waals surface area contributed by atoms with Crippen molar-refractivity contribution in [3.8, 4) is 5.75 Å². The molecule has 5 rings (SSSR count). The first-order chi connectivity index (χ1) is 16.6. The van der Waals surface area contributed by atoms with Gasteiger partial charge < -0.3 is 18.8 Å². The molecule has 1 aromatic heterocycles. The van der Waals surface area contributed by atoms with Crippen molar-refractivity contribution >= 4 is 29.3 Å². The number of rotatable bonds is 6. The van der Waals surface area contributed by atoms with Crippen molar-refractivity contribution < 1.29 is 23.5 Å². The monoisotopic (exact) mass is 471 g/mol. The number of anilines is 1. The predicted octanol–water partition coefficient (Wildman–Crippen LogP) is 5.96. The molecule has 3 aromatic carbocycles. The number of carbonyl (C=O) groups excluding carboxylic acids is 2. The third-order valence-electron chi connectivity index (χ3n) is 5.49. The van der Waals surface area contributed by atoms with Gasteiger partial charge in [0, 0.05) is 9.79 Å². The van der Waals surface area contributed by atoms with Gasteiger partial charge in [0.25, 0.3) is 5.91 Å². The lowest BCUT2D eigenvalue weighted by atomic mass is 10.1. The standard InChI is InChI=1S/C27H21NO5S/c1-31-20-11-8-18(9-12-20)16-28-23-15-19(27(30)33-17-21-5-4-14-32-21)10-13-25(23)34-24-7-3-2-6-22(24)26(28)29/h2-15H,16-17H2,1H3. The van der Waals surface area contributed by atoms with Gasteiger partial charge in [-0.3, -0.25) is 4.79 Å². The Balaban J connectivity index is 1.50. The number of furan rings is 1. The van der Waals surface area contributed by atoms with Gasteiger partial charge in [-0.05, 0) is 60.2 Å². The molecular formula is C27H21NO5S. The van der Waals surface area contributed by atoms with Crippen molar-refractivity contribution in [2.24, 2.45) is 0 Å². The number of hydrogen-bond acceptors (Lipinski definition) is 6. The molecule has 7 heteroatoms. The van der Waals surface area contributed by atoms with Gasteiger partial charge >= 0.3 is 5.97 Å². The molecule has 0 aliphatic carbocycles. The Hall–Kier alpha value is -3.97. The minimum absolute atomic E-state index is 0.0393. The Morgan fingerprint density at radius 1 is 0.971 bits per heavy atom. The highest BCUT2D eigenvalue weighted by Crippen LogP contribution is 2.42. The summed E-state index contributed by atoms with van der Waals surface area (Å²) in [7, 11) is 1.62. The van der Waals surface area contributed by atoms with Crippen molar-refractivity contribution in [2.45, 2.75) is 22.9 Å². The highest BCUT2D eigenvalue weighted by Gasteiger charge is 2.28. The normalized spacial score (nSPS) is 12.5. The molecule has 0 saturated carbocycles. The van der Waals surface area contributed by atoms with Gasteiger partial charge in [0.1, 0.15) is 18.1 Å². The van der Waals surface area contributed by atoms with Gasteiger partial charge in [-0.2, -0.15) is 0 Å². The molecule has 0 saturated heterocycles. The fourth-order valence-electron chi connectivity index (χ4n) is 3.73. The lowest BCUT2D eigenvalue weighted by Crippen LogP contribution is -2.30. The average Bonchev–Trinajstić information content (AvgIpc) is 3.37. The first-order valence-electron chi connectivity index (χ1n) is 10.7. The number of methoxy groups -OCH3 is 1. The number of hydrogen-bond donors (Lipinski definition) is 0. The van der Waals surface area contributed by atoms with Gasteiger partial charge in [-0.15, -0.1) is 0 Å². The minimum Gasteiger partial charge on any atom is -0.497 e. The second kappa shape index (κ2) is 9.49. The van der Waals surface area contributed by atoms with Crippen LogP contribution in [0.5, 0.6) is 5.75 Å². The van der Waals surface area contributed by atoms with Gasteiger partial charge in [0.05, 0.1) is 36.7 Å². The van der Waals surface area contributed by atoms with Crippen molar-refractivity contribution in [2.75, 3.05) is 12.0 Å². The summed E-state index contributed by atoms with van der Waals surface area (Å²) in [5.74, 6) is 0.695. The van der Waals surface area contributed by atoms with Crippen LogP contribution in [0.1, 0.15) is 32.0 Å². The van der Waals surface area contributed by atoms with Crippen LogP contribution in [0.4, 0.5) is 5.69 Å². The van der Waals surface area contributed by atoms with Gasteiger partial charge in [0.15, 0.2) is 0 Å². The SMILES string of the molecule is COc1ccc(CN2C(=O)c3ccccc3Sc3ccc(C(=O)OCc4ccco4)cc32)cc1. The quantitative estimate of drug-likeness (QED) is 0.323. The summed E-state index contributed by atoms with van der Waals surface area (Å²) in [4.78, 5) is 29.9. The predicted molar refractivity (Wildman–Crippen MR) is 128 cm³/mol. The zero-order valence-corrected chi connectivity index (χ0v) is 19.2. The Labute approximate surface area is 201 Å². The topological polar surface area (TPSA) is 69.0 Å². The maximum atomic E-state index is 13.6. The second-order valence-electron chi connectivity index (χ2n) is 7.68. The molecule has 170 valence electrons. The van der Waals surface area contributed by atoms with Crippen LogP contribution >= 0.6 is 11.8 Å². The lowest BCUT2D eigenvalue weighted by Gasteiger charge is -2.24. The zero-order chi connectivity index (χ0) is 23.5. The van der Waals surface area contributed by atoms with E-state index >= 15 is 0 Å². The number of nitrogens with zero attached hydrogens (tertiary/aromatic N) is 1. The largest absolute Gasteiger partial charge is 0.497 e. The Bertz CT molecular complexity index is 1330. The third-order valence-corrected chi connectivity index (χ3v) is 6.63. The summed E-state index contributed by atoms with van der Waals surface area (Å²) in [6.45, 7) is 0.382. The number of amides is 1. The van der Waals surface area contributed by atoms with Crippen molar-refractivity contribution in [3.05, 3.63) is 108 Å². The molecule has 1 amide bonds. The summed E-state index contributed by atoms with van der Waals surface area (Å²) in [5, 5.41) is 0. The Morgan fingerprint density at radius 3 is 2.56 bits per heavy atom. The fourth-order valence-corrected chi connectivity index (χ4v) is 4.79. The highest BCUT2D eigenvalue weighted by atomic mass is 32.2. The zero-order valence-electron chi connectivity index (χ0n) is 18.4. The molecule has 0 bridgehead atoms. The van der Waals surface area contributed by atoms with Crippen LogP contribution in [0.15, 0.2) is 99.3 Å². The number of carbonyl (C=O) groups is 2. The van der Waals surface area contributed by atoms with Crippen molar-refractivity contribution in [1.82, 2.24) is 0 Å². The maximum absolute atomic E-state index is 13.6. The molecule has 0 atom stereocenters. The van der Waals surface area contributed by atoms with Gasteiger partial charge in [-0.25, -0.2) is 4.79 Å². The number of benzene rings is 3. The van der Waals surface area contributed by atoms with E-state index in [4.69, 9.17) is 13.9 Å². The number of fused-ring (bicyclic) bond motifs is 2. The number of esters is 1. The molecule has 0 fully saturated rings. The smallest absolute Gasteiger partial charge is 0.338 e. The molecule has 2 heterocycles. The summed E-state index contributed by atoms with van der Waals surface area (Å²) < 4.78 is 15.9. The van der Waals surface area contributed by atoms with E-state index in [1.54, 1.807) is 36.3 Å². The fraction of sp³-hybridized carbons (Fsp3) is 0.111. The Morgan fingerprint density at radius 2 is 1.79 bits per heavy atom. The van der Waals surface area contributed by atoms with Crippen molar-refractivity contribution in [3.63, 3.8) is 0 Å². The van der Waals surface area contributed by atoms with E-state index in [-0.39, 0.29) is 12.5 Å². The van der Waals surface area contributed by atoms with E-state index in [0.29, 0.717) is 29.1 Å². The van der Waals surface area contributed by atoms with E-state index in [1.807, 2.05) is 54.6 Å². The molecule has 0 spiro atoms. The summed E-state index contributed by atoms with van der Waals surface area (Å²) >= 11 is 1.51. The molecular weight excluding hydrogens is 450 g/mol. The van der Waals surface area contributed by atoms with E-state index in [2.05, 4.69) is 0 Å². The summed E-state index contributed by atoms with van der Waals surface area (Å²) in [6, 6.07) is 23.9. The lowest BCUT2D eigenvalue weighted by molar-refractivity contribution is 0.0445. The molecule has 6 nitrogen and oxygen atoms in total. The molecule has 4 aromatic rings. The van der Waals surface area contributed by atoms with Crippen LogP contribution in [0, 0.1) is 0 Å².